The van der Waals surface area contributed by atoms with E-state index in [2.05, 4.69) is 0 Å². The number of alkyl halides is 21. The molecule has 0 saturated carbocycles. The molecule has 0 spiro atoms. The molecule has 22 heteroatoms. The molecule has 1 aromatic carbocycles. The summed E-state index contributed by atoms with van der Waals surface area (Å²) in [7, 11) is 0. The molecule has 0 fully saturated rings. The number of aliphatic hydroxyl groups is 1. The predicted octanol–water partition coefficient (Wildman–Crippen LogP) is 8.78. The van der Waals surface area contributed by atoms with Gasteiger partial charge in [-0.25, -0.2) is 0 Å². The smallest absolute Gasteiger partial charge is 0.388 e. The van der Waals surface area contributed by atoms with E-state index < -0.39 is 84.0 Å². The third-order valence-corrected chi connectivity index (χ3v) is 5.49. The van der Waals surface area contributed by atoms with Crippen LogP contribution in [0, 0.1) is 0 Å². The van der Waals surface area contributed by atoms with Crippen molar-refractivity contribution in [2.45, 2.75) is 78.4 Å². The molecule has 0 radical (unpaired) electrons. The van der Waals surface area contributed by atoms with Crippen LogP contribution in [0.15, 0.2) is 30.3 Å². The molecular weight excluding hydrogens is 643 g/mol. The Morgan fingerprint density at radius 2 is 0.732 bits per heavy atom. The van der Waals surface area contributed by atoms with Gasteiger partial charge in [0.1, 0.15) is 0 Å². The summed E-state index contributed by atoms with van der Waals surface area (Å²) in [5.41, 5.74) is -0.409. The zero-order chi connectivity index (χ0) is 33.1. The summed E-state index contributed by atoms with van der Waals surface area (Å²) in [5.74, 6) is -77.2. The maximum absolute atomic E-state index is 13.9. The zero-order valence-corrected chi connectivity index (χ0v) is 18.8. The summed E-state index contributed by atoms with van der Waals surface area (Å²) in [6.45, 7) is 0. The lowest BCUT2D eigenvalue weighted by Crippen LogP contribution is -2.76. The first-order chi connectivity index (χ1) is 17.7. The molecule has 1 N–H and O–H groups in total. The van der Waals surface area contributed by atoms with Gasteiger partial charge in [-0.2, -0.15) is 92.2 Å². The highest BCUT2D eigenvalue weighted by Crippen LogP contribution is 2.66. The summed E-state index contributed by atoms with van der Waals surface area (Å²) in [6, 6.07) is 5.23. The topological polar surface area (TPSA) is 20.2 Å². The first kappa shape index (κ1) is 36.7. The normalized spacial score (nSPS) is 16.6. The van der Waals surface area contributed by atoms with Gasteiger partial charge in [-0.1, -0.05) is 30.3 Å². The van der Waals surface area contributed by atoms with E-state index >= 15 is 0 Å². The summed E-state index contributed by atoms with van der Waals surface area (Å²) in [5, 5.41) is 9.61. The monoisotopic (exact) mass is 654 g/mol. The van der Waals surface area contributed by atoms with Crippen molar-refractivity contribution in [2.75, 3.05) is 0 Å². The molecule has 41 heavy (non-hydrogen) atoms. The highest BCUT2D eigenvalue weighted by Gasteiger charge is 2.97. The van der Waals surface area contributed by atoms with Gasteiger partial charge in [0, 0.05) is 6.42 Å². The van der Waals surface area contributed by atoms with Crippen LogP contribution in [0.5, 0.6) is 0 Å². The summed E-state index contributed by atoms with van der Waals surface area (Å²) in [4.78, 5) is 0. The fraction of sp³-hybridized carbons (Fsp3) is 0.684. The number of aliphatic hydroxyl groups excluding tert-OH is 1. The van der Waals surface area contributed by atoms with Crippen LogP contribution in [0.4, 0.5) is 92.2 Å². The highest BCUT2D eigenvalue weighted by atomic mass is 19.4. The Morgan fingerprint density at radius 1 is 0.439 bits per heavy atom. The predicted molar refractivity (Wildman–Crippen MR) is 91.2 cm³/mol. The lowest BCUT2D eigenvalue weighted by atomic mass is 9.85. The van der Waals surface area contributed by atoms with E-state index in [9.17, 15) is 97.3 Å². The molecule has 0 aromatic heterocycles. The van der Waals surface area contributed by atoms with E-state index in [0.717, 1.165) is 24.3 Å². The SMILES string of the molecule is O[C@H](CCC(F)(F)C(F)(F)C(F)(F)C(F)(F)C(F)(F)C(F)(F)C(F)(F)C(F)(F)C(F)(F)C(F)(F)F)c1ccccc1. The van der Waals surface area contributed by atoms with Crippen LogP contribution in [0.3, 0.4) is 0 Å². The van der Waals surface area contributed by atoms with Gasteiger partial charge in [0.2, 0.25) is 0 Å². The fourth-order valence-electron chi connectivity index (χ4n) is 2.91. The molecule has 0 aliphatic heterocycles. The quantitative estimate of drug-likeness (QED) is 0.224. The largest absolute Gasteiger partial charge is 0.460 e. The average molecular weight is 654 g/mol. The maximum atomic E-state index is 13.9. The van der Waals surface area contributed by atoms with Crippen molar-refractivity contribution >= 4 is 0 Å². The van der Waals surface area contributed by atoms with Crippen molar-refractivity contribution in [1.82, 2.24) is 0 Å². The van der Waals surface area contributed by atoms with Crippen LogP contribution in [0.2, 0.25) is 0 Å². The van der Waals surface area contributed by atoms with E-state index in [1.165, 1.54) is 6.07 Å². The van der Waals surface area contributed by atoms with Crippen molar-refractivity contribution in [3.63, 3.8) is 0 Å². The molecular formula is C19H11F21O. The van der Waals surface area contributed by atoms with Gasteiger partial charge in [0.15, 0.2) is 0 Å². The molecule has 1 aromatic rings. The second kappa shape index (κ2) is 10.2. The van der Waals surface area contributed by atoms with E-state index in [0.29, 0.717) is 0 Å². The Bertz CT molecular complexity index is 1040. The molecule has 1 rings (SSSR count). The van der Waals surface area contributed by atoms with E-state index in [-0.39, 0.29) is 0 Å². The van der Waals surface area contributed by atoms with Gasteiger partial charge in [-0.3, -0.25) is 0 Å². The van der Waals surface area contributed by atoms with Crippen LogP contribution >= 0.6 is 0 Å². The van der Waals surface area contributed by atoms with Crippen LogP contribution in [-0.4, -0.2) is 64.6 Å². The summed E-state index contributed by atoms with van der Waals surface area (Å²) < 4.78 is 280. The number of benzene rings is 1. The second-order valence-corrected chi connectivity index (χ2v) is 8.26. The molecule has 0 saturated heterocycles. The molecule has 0 aliphatic carbocycles. The third-order valence-electron chi connectivity index (χ3n) is 5.49. The number of hydrogen-bond donors (Lipinski definition) is 1. The van der Waals surface area contributed by atoms with Crippen LogP contribution in [0.25, 0.3) is 0 Å². The Balaban J connectivity index is 3.58. The number of halogens is 21. The Morgan fingerprint density at radius 3 is 1.05 bits per heavy atom. The van der Waals surface area contributed by atoms with Gasteiger partial charge < -0.3 is 5.11 Å². The second-order valence-electron chi connectivity index (χ2n) is 8.26. The van der Waals surface area contributed by atoms with Gasteiger partial charge in [-0.05, 0) is 12.0 Å². The minimum Gasteiger partial charge on any atom is -0.388 e. The Labute approximate surface area is 212 Å². The molecule has 1 nitrogen and oxygen atoms in total. The minimum absolute atomic E-state index is 0.409. The average Bonchev–Trinajstić information content (AvgIpc) is 2.81. The van der Waals surface area contributed by atoms with Crippen molar-refractivity contribution < 1.29 is 97.3 Å². The zero-order valence-electron chi connectivity index (χ0n) is 18.8. The maximum Gasteiger partial charge on any atom is 0.460 e. The Hall–Kier alpha value is -2.29. The van der Waals surface area contributed by atoms with Gasteiger partial charge in [0.25, 0.3) is 0 Å². The summed E-state index contributed by atoms with van der Waals surface area (Å²) >= 11 is 0. The van der Waals surface area contributed by atoms with Crippen molar-refractivity contribution in [2.24, 2.45) is 0 Å². The van der Waals surface area contributed by atoms with E-state index in [1.807, 2.05) is 0 Å². The number of rotatable bonds is 12. The van der Waals surface area contributed by atoms with E-state index in [4.69, 9.17) is 0 Å². The lowest BCUT2D eigenvalue weighted by molar-refractivity contribution is -0.474. The molecule has 0 amide bonds. The van der Waals surface area contributed by atoms with Gasteiger partial charge >= 0.3 is 59.5 Å². The fourth-order valence-corrected chi connectivity index (χ4v) is 2.91. The molecule has 0 heterocycles. The minimum atomic E-state index is -9.19. The van der Waals surface area contributed by atoms with E-state index in [1.54, 1.807) is 0 Å². The standard InChI is InChI=1S/C19H11F21O/c20-10(21,7-6-9(41)8-4-2-1-3-5-8)11(22,23)12(24,25)13(26,27)14(28,29)15(30,31)16(32,33)17(34,35)18(36,37)19(38,39)40/h1-5,9,41H,6-7H2/t9-/m1/s1. The molecule has 0 bridgehead atoms. The third kappa shape index (κ3) is 5.14. The first-order valence-corrected chi connectivity index (χ1v) is 9.94. The van der Waals surface area contributed by atoms with Crippen LogP contribution in [0.1, 0.15) is 24.5 Å². The first-order valence-electron chi connectivity index (χ1n) is 9.94. The molecule has 1 atom stereocenters. The Kier molecular flexibility index (Phi) is 9.11. The van der Waals surface area contributed by atoms with Gasteiger partial charge in [0.05, 0.1) is 6.10 Å². The lowest BCUT2D eigenvalue weighted by Gasteiger charge is -2.44. The molecule has 0 aliphatic rings. The van der Waals surface area contributed by atoms with Gasteiger partial charge in [-0.15, -0.1) is 0 Å². The molecule has 240 valence electrons. The van der Waals surface area contributed by atoms with Crippen molar-refractivity contribution in [1.29, 1.82) is 0 Å². The van der Waals surface area contributed by atoms with Crippen LogP contribution < -0.4 is 0 Å². The summed E-state index contributed by atoms with van der Waals surface area (Å²) in [6.07, 6.45) is -14.9. The number of hydrogen-bond acceptors (Lipinski definition) is 1. The van der Waals surface area contributed by atoms with Crippen molar-refractivity contribution in [3.05, 3.63) is 35.9 Å². The molecule has 0 unspecified atom stereocenters. The van der Waals surface area contributed by atoms with Crippen LogP contribution in [-0.2, 0) is 0 Å². The highest BCUT2D eigenvalue weighted by molar-refractivity contribution is 5.19. The van der Waals surface area contributed by atoms with Crippen molar-refractivity contribution in [3.8, 4) is 0 Å².